The number of halogens is 2. The number of anilines is 3. The summed E-state index contributed by atoms with van der Waals surface area (Å²) in [6.07, 6.45) is 1.92. The third-order valence-corrected chi connectivity index (χ3v) is 4.42. The number of nitrogens with one attached hydrogen (secondary N) is 2. The lowest BCUT2D eigenvalue weighted by molar-refractivity contribution is -0.115. The van der Waals surface area contributed by atoms with Crippen molar-refractivity contribution in [3.63, 3.8) is 0 Å². The molecule has 0 saturated heterocycles. The number of aromatic nitrogens is 1. The average Bonchev–Trinajstić information content (AvgIpc) is 2.62. The highest BCUT2D eigenvalue weighted by molar-refractivity contribution is 6.35. The van der Waals surface area contributed by atoms with Crippen molar-refractivity contribution in [1.82, 2.24) is 4.98 Å². The van der Waals surface area contributed by atoms with Gasteiger partial charge in [0.1, 0.15) is 5.82 Å². The third-order valence-electron chi connectivity index (χ3n) is 3.85. The number of rotatable bonds is 5. The van der Waals surface area contributed by atoms with E-state index in [1.165, 1.54) is 0 Å². The molecule has 0 spiro atoms. The normalized spacial score (nSPS) is 10.4. The molecule has 0 saturated carbocycles. The summed E-state index contributed by atoms with van der Waals surface area (Å²) in [4.78, 5) is 16.5. The number of carbonyl (C=O) groups excluding carboxylic acids is 1. The first-order valence-corrected chi connectivity index (χ1v) is 8.79. The van der Waals surface area contributed by atoms with E-state index in [0.717, 1.165) is 11.1 Å². The Bertz CT molecular complexity index is 927. The second kappa shape index (κ2) is 8.21. The van der Waals surface area contributed by atoms with Crippen LogP contribution >= 0.6 is 23.2 Å². The quantitative estimate of drug-likeness (QED) is 0.598. The Morgan fingerprint density at radius 1 is 1.08 bits per heavy atom. The number of aryl methyl sites for hydroxylation is 1. The first kappa shape index (κ1) is 18.2. The number of nitrogens with zero attached hydrogens (tertiary/aromatic N) is 1. The number of amides is 1. The summed E-state index contributed by atoms with van der Waals surface area (Å²) in [6, 6.07) is 16.5. The topological polar surface area (TPSA) is 54.0 Å². The van der Waals surface area contributed by atoms with E-state index in [1.807, 2.05) is 31.2 Å². The van der Waals surface area contributed by atoms with Gasteiger partial charge in [-0.15, -0.1) is 0 Å². The van der Waals surface area contributed by atoms with Gasteiger partial charge in [0, 0.05) is 5.02 Å². The molecule has 0 aliphatic rings. The second-order valence-corrected chi connectivity index (χ2v) is 6.68. The zero-order valence-corrected chi connectivity index (χ0v) is 15.6. The maximum atomic E-state index is 12.2. The Kier molecular flexibility index (Phi) is 5.76. The van der Waals surface area contributed by atoms with Gasteiger partial charge in [-0.3, -0.25) is 4.79 Å². The van der Waals surface area contributed by atoms with Gasteiger partial charge in [0.05, 0.1) is 29.0 Å². The van der Waals surface area contributed by atoms with Crippen molar-refractivity contribution in [1.29, 1.82) is 0 Å². The molecule has 1 aromatic heterocycles. The molecule has 26 heavy (non-hydrogen) atoms. The largest absolute Gasteiger partial charge is 0.339 e. The van der Waals surface area contributed by atoms with E-state index in [1.54, 1.807) is 36.5 Å². The van der Waals surface area contributed by atoms with Gasteiger partial charge < -0.3 is 10.6 Å². The van der Waals surface area contributed by atoms with Crippen LogP contribution < -0.4 is 10.6 Å². The van der Waals surface area contributed by atoms with Crippen LogP contribution in [0.1, 0.15) is 11.1 Å². The maximum absolute atomic E-state index is 12.2. The summed E-state index contributed by atoms with van der Waals surface area (Å²) < 4.78 is 0. The molecular weight excluding hydrogens is 369 g/mol. The molecule has 0 bridgehead atoms. The van der Waals surface area contributed by atoms with Gasteiger partial charge >= 0.3 is 0 Å². The lowest BCUT2D eigenvalue weighted by Gasteiger charge is -2.10. The summed E-state index contributed by atoms with van der Waals surface area (Å²) in [6.45, 7) is 1.99. The molecule has 1 heterocycles. The number of hydrogen-bond acceptors (Lipinski definition) is 3. The molecule has 3 rings (SSSR count). The van der Waals surface area contributed by atoms with Crippen molar-refractivity contribution in [2.24, 2.45) is 0 Å². The molecule has 0 unspecified atom stereocenters. The monoisotopic (exact) mass is 385 g/mol. The van der Waals surface area contributed by atoms with E-state index in [2.05, 4.69) is 15.6 Å². The molecule has 0 atom stereocenters. The number of hydrogen-bond donors (Lipinski definition) is 2. The first-order chi connectivity index (χ1) is 12.5. The molecule has 132 valence electrons. The highest BCUT2D eigenvalue weighted by Crippen LogP contribution is 2.28. The Labute approximate surface area is 162 Å². The predicted octanol–water partition coefficient (Wildman–Crippen LogP) is 5.62. The fourth-order valence-corrected chi connectivity index (χ4v) is 2.80. The molecular formula is C20H17Cl2N3O. The number of carbonyl (C=O) groups is 1. The molecule has 0 fully saturated rings. The highest BCUT2D eigenvalue weighted by Gasteiger charge is 2.07. The van der Waals surface area contributed by atoms with E-state index >= 15 is 0 Å². The van der Waals surface area contributed by atoms with Crippen LogP contribution in [0.3, 0.4) is 0 Å². The second-order valence-electron chi connectivity index (χ2n) is 5.83. The molecule has 6 heteroatoms. The molecule has 3 aromatic rings. The summed E-state index contributed by atoms with van der Waals surface area (Å²) >= 11 is 12.1. The molecule has 0 radical (unpaired) electrons. The van der Waals surface area contributed by atoms with Crippen LogP contribution in [0.2, 0.25) is 10.0 Å². The minimum absolute atomic E-state index is 0.0836. The number of pyridine rings is 1. The van der Waals surface area contributed by atoms with Crippen LogP contribution in [-0.2, 0) is 11.2 Å². The van der Waals surface area contributed by atoms with E-state index < -0.39 is 0 Å². The van der Waals surface area contributed by atoms with Crippen molar-refractivity contribution in [2.75, 3.05) is 10.6 Å². The summed E-state index contributed by atoms with van der Waals surface area (Å²) in [5.41, 5.74) is 3.40. The van der Waals surface area contributed by atoms with Gasteiger partial charge in [-0.1, -0.05) is 47.5 Å². The molecule has 1 amide bonds. The fraction of sp³-hybridized carbons (Fsp3) is 0.100. The minimum Gasteiger partial charge on any atom is -0.339 e. The average molecular weight is 386 g/mol. The van der Waals surface area contributed by atoms with Gasteiger partial charge in [-0.25, -0.2) is 4.98 Å². The van der Waals surface area contributed by atoms with Crippen LogP contribution in [0.4, 0.5) is 17.2 Å². The Morgan fingerprint density at radius 2 is 1.88 bits per heavy atom. The Morgan fingerprint density at radius 3 is 2.62 bits per heavy atom. The Balaban J connectivity index is 1.63. The summed E-state index contributed by atoms with van der Waals surface area (Å²) in [7, 11) is 0. The molecule has 2 N–H and O–H groups in total. The van der Waals surface area contributed by atoms with Crippen molar-refractivity contribution < 1.29 is 4.79 Å². The van der Waals surface area contributed by atoms with E-state index in [4.69, 9.17) is 23.2 Å². The zero-order valence-electron chi connectivity index (χ0n) is 14.1. The molecule has 4 nitrogen and oxygen atoms in total. The van der Waals surface area contributed by atoms with E-state index in [0.29, 0.717) is 33.7 Å². The van der Waals surface area contributed by atoms with Gasteiger partial charge in [0.25, 0.3) is 0 Å². The first-order valence-electron chi connectivity index (χ1n) is 8.04. The zero-order chi connectivity index (χ0) is 18.5. The van der Waals surface area contributed by atoms with E-state index in [9.17, 15) is 4.79 Å². The standard InChI is InChI=1S/C20H17Cl2N3O/c1-13-4-2-3-5-14(13)10-20(26)24-16-7-9-19(23-12-16)25-18-11-15(21)6-8-17(18)22/h2-9,11-12H,10H2,1H3,(H,23,25)(H,24,26). The van der Waals surface area contributed by atoms with Crippen molar-refractivity contribution in [3.05, 3.63) is 82.0 Å². The van der Waals surface area contributed by atoms with Crippen molar-refractivity contribution >= 4 is 46.3 Å². The smallest absolute Gasteiger partial charge is 0.228 e. The maximum Gasteiger partial charge on any atom is 0.228 e. The minimum atomic E-state index is -0.0836. The fourth-order valence-electron chi connectivity index (χ4n) is 2.46. The summed E-state index contributed by atoms with van der Waals surface area (Å²) in [5, 5.41) is 7.08. The lowest BCUT2D eigenvalue weighted by atomic mass is 10.1. The molecule has 0 aliphatic heterocycles. The molecule has 2 aromatic carbocycles. The summed E-state index contributed by atoms with van der Waals surface area (Å²) in [5.74, 6) is 0.519. The van der Waals surface area contributed by atoms with Crippen LogP contribution in [0.5, 0.6) is 0 Å². The van der Waals surface area contributed by atoms with Gasteiger partial charge in [-0.2, -0.15) is 0 Å². The van der Waals surface area contributed by atoms with Crippen LogP contribution in [0.25, 0.3) is 0 Å². The van der Waals surface area contributed by atoms with Gasteiger partial charge in [-0.05, 0) is 48.4 Å². The van der Waals surface area contributed by atoms with Crippen LogP contribution in [-0.4, -0.2) is 10.9 Å². The third kappa shape index (κ3) is 4.75. The predicted molar refractivity (Wildman–Crippen MR) is 107 cm³/mol. The van der Waals surface area contributed by atoms with Crippen molar-refractivity contribution in [3.8, 4) is 0 Å². The van der Waals surface area contributed by atoms with E-state index in [-0.39, 0.29) is 5.91 Å². The lowest BCUT2D eigenvalue weighted by Crippen LogP contribution is -2.15. The van der Waals surface area contributed by atoms with Gasteiger partial charge in [0.15, 0.2) is 0 Å². The Hall–Kier alpha value is -2.56. The van der Waals surface area contributed by atoms with Gasteiger partial charge in [0.2, 0.25) is 5.91 Å². The molecule has 0 aliphatic carbocycles. The number of benzene rings is 2. The van der Waals surface area contributed by atoms with Crippen LogP contribution in [0, 0.1) is 6.92 Å². The highest BCUT2D eigenvalue weighted by atomic mass is 35.5. The van der Waals surface area contributed by atoms with Crippen molar-refractivity contribution in [2.45, 2.75) is 13.3 Å². The SMILES string of the molecule is Cc1ccccc1CC(=O)Nc1ccc(Nc2cc(Cl)ccc2Cl)nc1. The van der Waals surface area contributed by atoms with Crippen LogP contribution in [0.15, 0.2) is 60.8 Å².